The van der Waals surface area contributed by atoms with Crippen molar-refractivity contribution in [3.63, 3.8) is 0 Å². The predicted molar refractivity (Wildman–Crippen MR) is 41.1 cm³/mol. The van der Waals surface area contributed by atoms with Crippen molar-refractivity contribution in [1.29, 1.82) is 1.43 Å². The van der Waals surface area contributed by atoms with Gasteiger partial charge in [0, 0.05) is 4.47 Å². The Hall–Kier alpha value is -0.830. The molecular weight excluding hydrogens is 196 g/mol. The highest BCUT2D eigenvalue weighted by atomic mass is 79.9. The third-order valence-electron chi connectivity index (χ3n) is 1.08. The molecule has 0 heterocycles. The second-order valence-corrected chi connectivity index (χ2v) is 2.71. The number of aromatic carboxylic acids is 1. The molecule has 0 atom stereocenters. The van der Waals surface area contributed by atoms with Crippen LogP contribution >= 0.6 is 15.9 Å². The largest absolute Gasteiger partial charge is 0.478 e. The lowest BCUT2D eigenvalue weighted by atomic mass is 10.2. The van der Waals surface area contributed by atoms with Gasteiger partial charge < -0.3 is 5.11 Å². The minimum absolute atomic E-state index is 0.378. The molecule has 0 fully saturated rings. The maximum atomic E-state index is 10.7. The van der Waals surface area contributed by atoms with Gasteiger partial charge in [0.1, 0.15) is 0 Å². The van der Waals surface area contributed by atoms with Crippen molar-refractivity contribution in [3.05, 3.63) is 34.3 Å². The van der Waals surface area contributed by atoms with Crippen molar-refractivity contribution in [1.82, 2.24) is 0 Å². The fourth-order valence-corrected chi connectivity index (χ4v) is 0.850. The molecule has 0 aliphatic carbocycles. The number of rotatable bonds is 1. The van der Waals surface area contributed by atoms with Gasteiger partial charge in [0.05, 0.1) is 5.56 Å². The van der Waals surface area contributed by atoms with Gasteiger partial charge in [0.2, 0.25) is 0 Å². The minimum atomic E-state index is -0.641. The first-order valence-corrected chi connectivity index (χ1v) is 3.46. The van der Waals surface area contributed by atoms with Crippen LogP contribution in [0.15, 0.2) is 28.7 Å². The van der Waals surface area contributed by atoms with Crippen molar-refractivity contribution in [3.8, 4) is 0 Å². The zero-order chi connectivity index (χ0) is 8.27. The highest BCUT2D eigenvalue weighted by molar-refractivity contribution is 9.10. The van der Waals surface area contributed by atoms with Crippen LogP contribution in [0.5, 0.6) is 0 Å². The van der Waals surface area contributed by atoms with E-state index >= 15 is 0 Å². The van der Waals surface area contributed by atoms with Crippen LogP contribution in [0.25, 0.3) is 1.43 Å². The Morgan fingerprint density at radius 2 is 2.10 bits per heavy atom. The summed E-state index contributed by atoms with van der Waals surface area (Å²) < 4.78 is 7.23. The average molecular weight is 202 g/mol. The Labute approximate surface area is 68.1 Å². The van der Waals surface area contributed by atoms with Crippen molar-refractivity contribution < 1.29 is 9.90 Å². The van der Waals surface area contributed by atoms with E-state index < -0.39 is 5.97 Å². The summed E-state index contributed by atoms with van der Waals surface area (Å²) in [6.45, 7) is 0. The number of carboxylic acids is 1. The molecule has 0 bridgehead atoms. The predicted octanol–water partition coefficient (Wildman–Crippen LogP) is 2.15. The van der Waals surface area contributed by atoms with E-state index in [4.69, 9.17) is 1.43 Å². The van der Waals surface area contributed by atoms with E-state index in [1.165, 1.54) is 0 Å². The van der Waals surface area contributed by atoms with Crippen molar-refractivity contribution >= 4 is 21.9 Å². The van der Waals surface area contributed by atoms with E-state index in [2.05, 4.69) is 21.0 Å². The van der Waals surface area contributed by atoms with Crippen LogP contribution < -0.4 is 0 Å². The zero-order valence-electron chi connectivity index (χ0n) is 6.00. The molecule has 0 aliphatic heterocycles. The molecule has 10 heavy (non-hydrogen) atoms. The van der Waals surface area contributed by atoms with E-state index in [1.807, 2.05) is 0 Å². The Bertz CT molecular complexity index is 258. The van der Waals surface area contributed by atoms with Crippen LogP contribution in [0.2, 0.25) is 0 Å². The number of hydrogen-bond acceptors (Lipinski definition) is 2. The van der Waals surface area contributed by atoms with Crippen LogP contribution in [0.3, 0.4) is 0 Å². The summed E-state index contributed by atoms with van der Waals surface area (Å²) in [5.74, 6) is -0.641. The fourth-order valence-electron chi connectivity index (χ4n) is 0.586. The van der Waals surface area contributed by atoms with Gasteiger partial charge >= 0.3 is 5.97 Å². The molecule has 0 unspecified atom stereocenters. The van der Waals surface area contributed by atoms with E-state index in [0.29, 0.717) is 5.56 Å². The molecule has 0 saturated heterocycles. The Kier molecular flexibility index (Phi) is 1.68. The maximum Gasteiger partial charge on any atom is 0.335 e. The summed E-state index contributed by atoms with van der Waals surface area (Å²) >= 11 is 3.22. The fraction of sp³-hybridized carbons (Fsp3) is 0. The highest BCUT2D eigenvalue weighted by Crippen LogP contribution is 2.09. The van der Waals surface area contributed by atoms with Crippen LogP contribution in [0, 0.1) is 0 Å². The molecule has 3 heteroatoms. The molecule has 1 N–H and O–H groups in total. The summed E-state index contributed by atoms with van der Waals surface area (Å²) in [5, 5.41) is 3.77. The first-order chi connectivity index (χ1) is 5.24. The summed E-state index contributed by atoms with van der Waals surface area (Å²) in [6.07, 6.45) is 0. The Morgan fingerprint density at radius 1 is 1.50 bits per heavy atom. The number of hydrogen-bond donors (Lipinski definition) is 1. The van der Waals surface area contributed by atoms with Gasteiger partial charge in [-0.2, -0.15) is 0 Å². The molecule has 1 rings (SSSR count). The standard InChI is InChI=1S/C7H5BrO2/c8-6-3-1-5(2-4-6)7(9)10/h1-4H,(H,9,10)/i/hD. The Morgan fingerprint density at radius 3 is 2.60 bits per heavy atom. The summed E-state index contributed by atoms with van der Waals surface area (Å²) in [4.78, 5) is 10.7. The average Bonchev–Trinajstić information content (AvgIpc) is 2.05. The summed E-state index contributed by atoms with van der Waals surface area (Å²) in [6, 6.07) is 6.60. The molecule has 0 radical (unpaired) electrons. The third-order valence-corrected chi connectivity index (χ3v) is 1.61. The smallest absolute Gasteiger partial charge is 0.335 e. The van der Waals surface area contributed by atoms with Gasteiger partial charge in [-0.25, -0.2) is 4.79 Å². The zero-order valence-corrected chi connectivity index (χ0v) is 6.59. The monoisotopic (exact) mass is 201 g/mol. The summed E-state index contributed by atoms with van der Waals surface area (Å²) in [5.41, 5.74) is 0.378. The number of benzene rings is 1. The van der Waals surface area contributed by atoms with Crippen LogP contribution in [0.1, 0.15) is 10.4 Å². The van der Waals surface area contributed by atoms with Crippen LogP contribution in [0.4, 0.5) is 0 Å². The van der Waals surface area contributed by atoms with E-state index in [1.54, 1.807) is 24.3 Å². The van der Waals surface area contributed by atoms with Gasteiger partial charge in [-0.15, -0.1) is 0 Å². The van der Waals surface area contributed by atoms with Gasteiger partial charge in [-0.1, -0.05) is 15.9 Å². The van der Waals surface area contributed by atoms with E-state index in [9.17, 15) is 4.79 Å². The lowest BCUT2D eigenvalue weighted by Gasteiger charge is -1.91. The maximum absolute atomic E-state index is 10.7. The second kappa shape index (κ2) is 2.84. The first kappa shape index (κ1) is 5.92. The molecular formula is C7H5BrO2. The molecule has 1 aromatic rings. The third kappa shape index (κ3) is 1.57. The molecule has 0 aromatic heterocycles. The normalized spacial score (nSPS) is 10.3. The van der Waals surface area contributed by atoms with Crippen LogP contribution in [-0.2, 0) is 0 Å². The van der Waals surface area contributed by atoms with Crippen molar-refractivity contribution in [2.75, 3.05) is 0 Å². The van der Waals surface area contributed by atoms with E-state index in [0.717, 1.165) is 4.47 Å². The van der Waals surface area contributed by atoms with Crippen molar-refractivity contribution in [2.45, 2.75) is 0 Å². The topological polar surface area (TPSA) is 37.3 Å². The van der Waals surface area contributed by atoms with Gasteiger partial charge in [-0.05, 0) is 24.3 Å². The van der Waals surface area contributed by atoms with Gasteiger partial charge in [0.25, 0.3) is 1.43 Å². The summed E-state index contributed by atoms with van der Waals surface area (Å²) in [7, 11) is 0. The molecule has 0 aliphatic rings. The van der Waals surface area contributed by atoms with Crippen LogP contribution in [-0.4, -0.2) is 11.1 Å². The molecule has 0 spiro atoms. The van der Waals surface area contributed by atoms with E-state index in [-0.39, 0.29) is 0 Å². The molecule has 0 saturated carbocycles. The van der Waals surface area contributed by atoms with Gasteiger partial charge in [0.15, 0.2) is 0 Å². The van der Waals surface area contributed by atoms with Gasteiger partial charge in [-0.3, -0.25) is 0 Å². The number of halogens is 1. The minimum Gasteiger partial charge on any atom is -0.478 e. The lowest BCUT2D eigenvalue weighted by Crippen LogP contribution is -1.94. The lowest BCUT2D eigenvalue weighted by molar-refractivity contribution is 0.0697. The quantitative estimate of drug-likeness (QED) is 0.757. The molecule has 2 nitrogen and oxygen atoms in total. The molecule has 52 valence electrons. The first-order valence-electron chi connectivity index (χ1n) is 3.08. The highest BCUT2D eigenvalue weighted by Gasteiger charge is 1.98. The molecule has 1 aromatic carbocycles. The second-order valence-electron chi connectivity index (χ2n) is 1.79. The Balaban J connectivity index is 2.90. The number of carbonyl (C=O) groups is 1. The molecule has 0 amide bonds. The van der Waals surface area contributed by atoms with Crippen molar-refractivity contribution in [2.24, 2.45) is 0 Å². The SMILES string of the molecule is [2H]OC(=O)c1ccc(Br)cc1. The number of carboxylic acid groups (broad SMARTS) is 1.